The molecule has 0 saturated carbocycles. The van der Waals surface area contributed by atoms with E-state index in [-0.39, 0.29) is 5.56 Å². The molecule has 1 heterocycles. The highest BCUT2D eigenvalue weighted by molar-refractivity contribution is 5.90. The lowest BCUT2D eigenvalue weighted by Crippen LogP contribution is -2.18. The van der Waals surface area contributed by atoms with Crippen molar-refractivity contribution in [3.8, 4) is 22.4 Å². The van der Waals surface area contributed by atoms with Gasteiger partial charge in [-0.1, -0.05) is 66.7 Å². The first-order valence-corrected chi connectivity index (χ1v) is 10.4. The molecule has 1 aromatic heterocycles. The topological polar surface area (TPSA) is 93.4 Å². The zero-order valence-electron chi connectivity index (χ0n) is 18.2. The number of ether oxygens (including phenoxy) is 1. The van der Waals surface area contributed by atoms with Crippen molar-refractivity contribution < 1.29 is 19.4 Å². The first kappa shape index (κ1) is 21.8. The van der Waals surface area contributed by atoms with Crippen molar-refractivity contribution in [2.45, 2.75) is 13.0 Å². The number of aromatic nitrogens is 2. The van der Waals surface area contributed by atoms with Gasteiger partial charge < -0.3 is 14.4 Å². The molecule has 2 N–H and O–H groups in total. The number of carbonyl (C=O) groups excluding carboxylic acids is 1. The number of carbonyl (C=O) groups is 2. The fourth-order valence-electron chi connectivity index (χ4n) is 3.52. The smallest absolute Gasteiger partial charge is 0.413 e. The fraction of sp³-hybridized carbons (Fsp3) is 0.115. The second kappa shape index (κ2) is 9.40. The van der Waals surface area contributed by atoms with Crippen LogP contribution in [0.25, 0.3) is 22.4 Å². The van der Waals surface area contributed by atoms with Crippen LogP contribution in [-0.2, 0) is 11.8 Å². The minimum atomic E-state index is -0.967. The number of amides is 1. The summed E-state index contributed by atoms with van der Waals surface area (Å²) in [4.78, 5) is 28.2. The predicted molar refractivity (Wildman–Crippen MR) is 126 cm³/mol. The van der Waals surface area contributed by atoms with Crippen LogP contribution in [0.15, 0.2) is 85.2 Å². The molecule has 0 bridgehead atoms. The summed E-state index contributed by atoms with van der Waals surface area (Å²) in [6.45, 7) is 1.82. The maximum atomic E-state index is 12.5. The Balaban J connectivity index is 1.52. The fourth-order valence-corrected chi connectivity index (χ4v) is 3.52. The Morgan fingerprint density at radius 1 is 0.939 bits per heavy atom. The average molecular weight is 441 g/mol. The number of nitrogens with one attached hydrogen (secondary N) is 1. The number of aromatic carboxylic acids is 1. The molecule has 4 aromatic rings. The minimum Gasteiger partial charge on any atom is -0.478 e. The van der Waals surface area contributed by atoms with Crippen molar-refractivity contribution in [1.29, 1.82) is 0 Å². The highest BCUT2D eigenvalue weighted by Gasteiger charge is 2.17. The zero-order chi connectivity index (χ0) is 23.4. The number of benzene rings is 3. The summed E-state index contributed by atoms with van der Waals surface area (Å²) >= 11 is 0. The van der Waals surface area contributed by atoms with Gasteiger partial charge >= 0.3 is 12.1 Å². The van der Waals surface area contributed by atoms with Crippen LogP contribution < -0.4 is 5.32 Å². The van der Waals surface area contributed by atoms with E-state index in [9.17, 15) is 14.7 Å². The van der Waals surface area contributed by atoms with Crippen LogP contribution in [0.2, 0.25) is 0 Å². The summed E-state index contributed by atoms with van der Waals surface area (Å²) in [7, 11) is 1.79. The van der Waals surface area contributed by atoms with Crippen molar-refractivity contribution in [2.24, 2.45) is 7.05 Å². The molecule has 7 nitrogen and oxygen atoms in total. The number of nitrogens with zero attached hydrogens (tertiary/aromatic N) is 2. The summed E-state index contributed by atoms with van der Waals surface area (Å²) in [6, 6.07) is 23.8. The Morgan fingerprint density at radius 2 is 1.64 bits per heavy atom. The number of imidazole rings is 1. The van der Waals surface area contributed by atoms with Gasteiger partial charge in [-0.2, -0.15) is 0 Å². The third-order valence-corrected chi connectivity index (χ3v) is 5.31. The van der Waals surface area contributed by atoms with Crippen molar-refractivity contribution in [1.82, 2.24) is 9.55 Å². The molecule has 3 aromatic carbocycles. The van der Waals surface area contributed by atoms with E-state index in [2.05, 4.69) is 10.3 Å². The standard InChI is InChI=1S/C26H23N3O4/c1-17(18-7-4-3-5-8-18)33-26(32)28-24-23(27-16-29(24)2)20-13-11-19(12-14-20)21-9-6-10-22(15-21)25(30)31/h3-17H,1-2H3,(H,28,32)(H,30,31)/t17-/m1/s1. The lowest BCUT2D eigenvalue weighted by Gasteiger charge is -2.15. The summed E-state index contributed by atoms with van der Waals surface area (Å²) in [5.41, 5.74) is 4.23. The van der Waals surface area contributed by atoms with E-state index in [0.717, 1.165) is 22.3 Å². The summed E-state index contributed by atoms with van der Waals surface area (Å²) in [6.07, 6.45) is 0.651. The number of anilines is 1. The van der Waals surface area contributed by atoms with E-state index in [4.69, 9.17) is 4.74 Å². The number of rotatable bonds is 6. The Hall–Kier alpha value is -4.39. The number of hydrogen-bond acceptors (Lipinski definition) is 4. The molecule has 7 heteroatoms. The maximum absolute atomic E-state index is 12.5. The summed E-state index contributed by atoms with van der Waals surface area (Å²) < 4.78 is 7.24. The second-order valence-electron chi connectivity index (χ2n) is 7.60. The predicted octanol–water partition coefficient (Wildman–Crippen LogP) is 5.76. The molecule has 0 radical (unpaired) electrons. The first-order valence-electron chi connectivity index (χ1n) is 10.4. The van der Waals surface area contributed by atoms with Crippen molar-refractivity contribution in [2.75, 3.05) is 5.32 Å². The molecule has 0 aliphatic rings. The first-order chi connectivity index (χ1) is 15.9. The Kier molecular flexibility index (Phi) is 6.22. The van der Waals surface area contributed by atoms with Gasteiger partial charge in [0.15, 0.2) is 0 Å². The number of hydrogen-bond donors (Lipinski definition) is 2. The van der Waals surface area contributed by atoms with Gasteiger partial charge in [-0.05, 0) is 35.7 Å². The molecule has 0 aliphatic carbocycles. The van der Waals surface area contributed by atoms with Crippen LogP contribution in [0, 0.1) is 0 Å². The minimum absolute atomic E-state index is 0.232. The third kappa shape index (κ3) is 4.93. The van der Waals surface area contributed by atoms with Gasteiger partial charge in [-0.3, -0.25) is 5.32 Å². The maximum Gasteiger partial charge on any atom is 0.413 e. The van der Waals surface area contributed by atoms with Gasteiger partial charge in [0.1, 0.15) is 17.6 Å². The molecule has 0 aliphatic heterocycles. The van der Waals surface area contributed by atoms with Gasteiger partial charge in [-0.25, -0.2) is 14.6 Å². The molecule has 0 spiro atoms. The van der Waals surface area contributed by atoms with Gasteiger partial charge in [0.2, 0.25) is 0 Å². The Labute approximate surface area is 191 Å². The van der Waals surface area contributed by atoms with E-state index in [1.807, 2.05) is 67.6 Å². The lowest BCUT2D eigenvalue weighted by molar-refractivity contribution is 0.0696. The van der Waals surface area contributed by atoms with Crippen LogP contribution in [0.5, 0.6) is 0 Å². The highest BCUT2D eigenvalue weighted by Crippen LogP contribution is 2.29. The van der Waals surface area contributed by atoms with Crippen LogP contribution in [0.4, 0.5) is 10.6 Å². The van der Waals surface area contributed by atoms with Crippen LogP contribution in [-0.4, -0.2) is 26.7 Å². The van der Waals surface area contributed by atoms with E-state index < -0.39 is 18.2 Å². The molecule has 166 valence electrons. The summed E-state index contributed by atoms with van der Waals surface area (Å²) in [5.74, 6) is -0.452. The molecular weight excluding hydrogens is 418 g/mol. The quantitative estimate of drug-likeness (QED) is 0.397. The molecular formula is C26H23N3O4. The van der Waals surface area contributed by atoms with Crippen molar-refractivity contribution >= 4 is 17.9 Å². The van der Waals surface area contributed by atoms with Crippen LogP contribution in [0.3, 0.4) is 0 Å². The number of aryl methyl sites for hydroxylation is 1. The van der Waals surface area contributed by atoms with Crippen molar-refractivity contribution in [3.63, 3.8) is 0 Å². The molecule has 1 atom stereocenters. The molecule has 0 fully saturated rings. The average Bonchev–Trinajstić information content (AvgIpc) is 3.19. The van der Waals surface area contributed by atoms with Crippen LogP contribution in [0.1, 0.15) is 28.9 Å². The van der Waals surface area contributed by atoms with Crippen molar-refractivity contribution in [3.05, 3.63) is 96.3 Å². The molecule has 33 heavy (non-hydrogen) atoms. The SMILES string of the molecule is C[C@@H](OC(=O)Nc1c(-c2ccc(-c3cccc(C(=O)O)c3)cc2)ncn1C)c1ccccc1. The van der Waals surface area contributed by atoms with Gasteiger partial charge in [0.25, 0.3) is 0 Å². The normalized spacial score (nSPS) is 11.6. The van der Waals surface area contributed by atoms with Crippen LogP contribution >= 0.6 is 0 Å². The monoisotopic (exact) mass is 441 g/mol. The van der Waals surface area contributed by atoms with E-state index in [1.54, 1.807) is 36.1 Å². The van der Waals surface area contributed by atoms with Gasteiger partial charge in [-0.15, -0.1) is 0 Å². The lowest BCUT2D eigenvalue weighted by atomic mass is 10.0. The zero-order valence-corrected chi connectivity index (χ0v) is 18.2. The van der Waals surface area contributed by atoms with Gasteiger partial charge in [0.05, 0.1) is 11.9 Å². The summed E-state index contributed by atoms with van der Waals surface area (Å²) in [5, 5.41) is 12.0. The Morgan fingerprint density at radius 3 is 2.33 bits per heavy atom. The van der Waals surface area contributed by atoms with E-state index >= 15 is 0 Å². The Bertz CT molecular complexity index is 1280. The number of carboxylic acid groups (broad SMARTS) is 1. The molecule has 0 unspecified atom stereocenters. The largest absolute Gasteiger partial charge is 0.478 e. The van der Waals surface area contributed by atoms with E-state index in [0.29, 0.717) is 11.5 Å². The third-order valence-electron chi connectivity index (χ3n) is 5.31. The molecule has 0 saturated heterocycles. The number of carboxylic acids is 1. The molecule has 4 rings (SSSR count). The second-order valence-corrected chi connectivity index (χ2v) is 7.60. The molecule has 1 amide bonds. The van der Waals surface area contributed by atoms with E-state index in [1.165, 1.54) is 0 Å². The highest BCUT2D eigenvalue weighted by atomic mass is 16.6. The van der Waals surface area contributed by atoms with Gasteiger partial charge in [0, 0.05) is 12.6 Å².